The molecule has 1 aromatic carbocycles. The normalized spacial score (nSPS) is 10.2. The molecule has 0 aliphatic heterocycles. The van der Waals surface area contributed by atoms with E-state index in [0.29, 0.717) is 33.8 Å². The Morgan fingerprint density at radius 2 is 2.05 bits per heavy atom. The summed E-state index contributed by atoms with van der Waals surface area (Å²) in [7, 11) is 5.31. The second-order valence-corrected chi connectivity index (χ2v) is 4.76. The van der Waals surface area contributed by atoms with Crippen molar-refractivity contribution in [2.45, 2.75) is 0 Å². The molecule has 106 valence electrons. The minimum absolute atomic E-state index is 0.458. The van der Waals surface area contributed by atoms with Crippen molar-refractivity contribution in [3.63, 3.8) is 0 Å². The topological polar surface area (TPSA) is 76.3 Å². The monoisotopic (exact) mass is 293 g/mol. The summed E-state index contributed by atoms with van der Waals surface area (Å²) in [5.74, 6) is 1.80. The van der Waals surface area contributed by atoms with E-state index < -0.39 is 0 Å². The van der Waals surface area contributed by atoms with Crippen LogP contribution in [-0.2, 0) is 0 Å². The molecule has 2 rings (SSSR count). The van der Waals surface area contributed by atoms with Crippen LogP contribution in [0.1, 0.15) is 0 Å². The Hall–Kier alpha value is -2.21. The van der Waals surface area contributed by atoms with Crippen molar-refractivity contribution in [3.8, 4) is 5.75 Å². The Morgan fingerprint density at radius 3 is 2.70 bits per heavy atom. The van der Waals surface area contributed by atoms with Crippen LogP contribution in [0, 0.1) is 0 Å². The number of halogens is 1. The highest BCUT2D eigenvalue weighted by atomic mass is 35.5. The molecule has 0 amide bonds. The maximum Gasteiger partial charge on any atom is 0.159 e. The van der Waals surface area contributed by atoms with Gasteiger partial charge in [-0.15, -0.1) is 0 Å². The lowest BCUT2D eigenvalue weighted by Crippen LogP contribution is -2.14. The van der Waals surface area contributed by atoms with Crippen LogP contribution in [0.4, 0.5) is 23.0 Å². The van der Waals surface area contributed by atoms with Crippen molar-refractivity contribution in [1.82, 2.24) is 9.97 Å². The van der Waals surface area contributed by atoms with E-state index in [0.717, 1.165) is 0 Å². The van der Waals surface area contributed by atoms with E-state index in [-0.39, 0.29) is 0 Å². The molecule has 0 aliphatic rings. The average Bonchev–Trinajstić information content (AvgIpc) is 2.41. The smallest absolute Gasteiger partial charge is 0.159 e. The van der Waals surface area contributed by atoms with Crippen LogP contribution in [-0.4, -0.2) is 31.2 Å². The summed E-state index contributed by atoms with van der Waals surface area (Å²) in [4.78, 5) is 10.1. The van der Waals surface area contributed by atoms with Crippen LogP contribution >= 0.6 is 11.6 Å². The molecule has 1 aromatic heterocycles. The van der Waals surface area contributed by atoms with Gasteiger partial charge in [0.25, 0.3) is 0 Å². The number of nitrogens with one attached hydrogen (secondary N) is 1. The maximum absolute atomic E-state index is 6.06. The third kappa shape index (κ3) is 2.85. The van der Waals surface area contributed by atoms with Gasteiger partial charge in [-0.3, -0.25) is 0 Å². The summed E-state index contributed by atoms with van der Waals surface area (Å²) in [6.45, 7) is 0. The quantitative estimate of drug-likeness (QED) is 0.902. The largest absolute Gasteiger partial charge is 0.495 e. The first-order chi connectivity index (χ1) is 9.52. The number of aromatic nitrogens is 2. The summed E-state index contributed by atoms with van der Waals surface area (Å²) in [6, 6.07) is 5.27. The molecule has 0 fully saturated rings. The van der Waals surface area contributed by atoms with E-state index in [1.165, 1.54) is 6.33 Å². The van der Waals surface area contributed by atoms with Gasteiger partial charge in [-0.1, -0.05) is 11.6 Å². The minimum atomic E-state index is 0.458. The lowest BCUT2D eigenvalue weighted by atomic mass is 10.3. The van der Waals surface area contributed by atoms with Gasteiger partial charge >= 0.3 is 0 Å². The van der Waals surface area contributed by atoms with Crippen molar-refractivity contribution in [2.75, 3.05) is 37.2 Å². The summed E-state index contributed by atoms with van der Waals surface area (Å²) in [5.41, 5.74) is 7.21. The van der Waals surface area contributed by atoms with Crippen molar-refractivity contribution >= 4 is 34.6 Å². The van der Waals surface area contributed by atoms with Crippen LogP contribution in [0.3, 0.4) is 0 Å². The second-order valence-electron chi connectivity index (χ2n) is 4.32. The molecule has 0 radical (unpaired) electrons. The van der Waals surface area contributed by atoms with Crippen molar-refractivity contribution < 1.29 is 4.74 Å². The van der Waals surface area contributed by atoms with Gasteiger partial charge < -0.3 is 20.7 Å². The molecule has 0 unspecified atom stereocenters. The summed E-state index contributed by atoms with van der Waals surface area (Å²) >= 11 is 5.99. The van der Waals surface area contributed by atoms with Crippen LogP contribution in [0.15, 0.2) is 24.5 Å². The number of nitrogen functional groups attached to an aromatic ring is 1. The third-order valence-corrected chi connectivity index (χ3v) is 2.94. The molecule has 7 heteroatoms. The predicted molar refractivity (Wildman–Crippen MR) is 82.1 cm³/mol. The van der Waals surface area contributed by atoms with E-state index in [1.807, 2.05) is 19.0 Å². The number of nitrogens with two attached hydrogens (primary N) is 1. The standard InChI is InChI=1S/C13H16ClN5O/c1-19(2)13-11(15)12(16-7-17-13)18-9-6-8(14)4-5-10(9)20-3/h4-7H,15H2,1-3H3,(H,16,17,18). The first kappa shape index (κ1) is 14.2. The fourth-order valence-electron chi connectivity index (χ4n) is 1.75. The zero-order valence-electron chi connectivity index (χ0n) is 11.5. The molecule has 20 heavy (non-hydrogen) atoms. The molecule has 0 spiro atoms. The van der Waals surface area contributed by atoms with E-state index in [1.54, 1.807) is 25.3 Å². The minimum Gasteiger partial charge on any atom is -0.495 e. The number of ether oxygens (including phenoxy) is 1. The summed E-state index contributed by atoms with van der Waals surface area (Å²) in [5, 5.41) is 3.71. The van der Waals surface area contributed by atoms with Gasteiger partial charge in [-0.25, -0.2) is 9.97 Å². The Balaban J connectivity index is 2.40. The Bertz CT molecular complexity index is 618. The van der Waals surface area contributed by atoms with Crippen LogP contribution in [0.2, 0.25) is 5.02 Å². The highest BCUT2D eigenvalue weighted by Gasteiger charge is 2.12. The third-order valence-electron chi connectivity index (χ3n) is 2.70. The summed E-state index contributed by atoms with van der Waals surface area (Å²) < 4.78 is 5.27. The number of nitrogens with zero attached hydrogens (tertiary/aromatic N) is 3. The van der Waals surface area contributed by atoms with E-state index in [4.69, 9.17) is 22.1 Å². The molecule has 6 nitrogen and oxygen atoms in total. The highest BCUT2D eigenvalue weighted by Crippen LogP contribution is 2.33. The SMILES string of the molecule is COc1ccc(Cl)cc1Nc1ncnc(N(C)C)c1N. The molecule has 1 heterocycles. The van der Waals surface area contributed by atoms with Gasteiger partial charge in [0.15, 0.2) is 11.6 Å². The lowest BCUT2D eigenvalue weighted by Gasteiger charge is -2.17. The van der Waals surface area contributed by atoms with Crippen molar-refractivity contribution in [3.05, 3.63) is 29.5 Å². The molecule has 0 atom stereocenters. The van der Waals surface area contributed by atoms with E-state index >= 15 is 0 Å². The highest BCUT2D eigenvalue weighted by molar-refractivity contribution is 6.31. The van der Waals surface area contributed by atoms with Gasteiger partial charge in [0.1, 0.15) is 17.8 Å². The van der Waals surface area contributed by atoms with Gasteiger partial charge in [-0.2, -0.15) is 0 Å². The number of anilines is 4. The number of hydrogen-bond acceptors (Lipinski definition) is 6. The summed E-state index contributed by atoms with van der Waals surface area (Å²) in [6.07, 6.45) is 1.45. The number of benzene rings is 1. The second kappa shape index (κ2) is 5.83. The first-order valence-corrected chi connectivity index (χ1v) is 6.29. The molecule has 2 aromatic rings. The Morgan fingerprint density at radius 1 is 1.30 bits per heavy atom. The zero-order chi connectivity index (χ0) is 14.7. The van der Waals surface area contributed by atoms with Crippen molar-refractivity contribution in [2.24, 2.45) is 0 Å². The molecular weight excluding hydrogens is 278 g/mol. The molecule has 0 saturated heterocycles. The first-order valence-electron chi connectivity index (χ1n) is 5.91. The Kier molecular flexibility index (Phi) is 4.14. The Labute approximate surface area is 122 Å². The molecule has 3 N–H and O–H groups in total. The van der Waals surface area contributed by atoms with Crippen LogP contribution < -0.4 is 20.7 Å². The molecule has 0 aliphatic carbocycles. The average molecular weight is 294 g/mol. The van der Waals surface area contributed by atoms with Gasteiger partial charge in [0.05, 0.1) is 12.8 Å². The number of hydrogen-bond donors (Lipinski definition) is 2. The van der Waals surface area contributed by atoms with E-state index in [9.17, 15) is 0 Å². The lowest BCUT2D eigenvalue weighted by molar-refractivity contribution is 0.417. The number of methoxy groups -OCH3 is 1. The van der Waals surface area contributed by atoms with E-state index in [2.05, 4.69) is 15.3 Å². The molecular formula is C13H16ClN5O. The maximum atomic E-state index is 6.06. The van der Waals surface area contributed by atoms with Crippen LogP contribution in [0.5, 0.6) is 5.75 Å². The van der Waals surface area contributed by atoms with Crippen molar-refractivity contribution in [1.29, 1.82) is 0 Å². The van der Waals surface area contributed by atoms with Gasteiger partial charge in [-0.05, 0) is 18.2 Å². The number of rotatable bonds is 4. The van der Waals surface area contributed by atoms with Gasteiger partial charge in [0, 0.05) is 19.1 Å². The predicted octanol–water partition coefficient (Wildman–Crippen LogP) is 2.53. The fourth-order valence-corrected chi connectivity index (χ4v) is 1.92. The molecule has 0 saturated carbocycles. The zero-order valence-corrected chi connectivity index (χ0v) is 12.3. The molecule has 0 bridgehead atoms. The van der Waals surface area contributed by atoms with Crippen LogP contribution in [0.25, 0.3) is 0 Å². The van der Waals surface area contributed by atoms with Gasteiger partial charge in [0.2, 0.25) is 0 Å². The fraction of sp³-hybridized carbons (Fsp3) is 0.231.